The van der Waals surface area contributed by atoms with Gasteiger partial charge in [-0.1, -0.05) is 27.7 Å². The minimum absolute atomic E-state index is 0.0624. The topological polar surface area (TPSA) is 144 Å². The van der Waals surface area contributed by atoms with Crippen molar-refractivity contribution in [2.75, 3.05) is 13.2 Å². The molecule has 7 rings (SSSR count). The van der Waals surface area contributed by atoms with Crippen molar-refractivity contribution in [3.63, 3.8) is 0 Å². The Balaban J connectivity index is 1.17. The van der Waals surface area contributed by atoms with Gasteiger partial charge in [-0.15, -0.1) is 0 Å². The van der Waals surface area contributed by atoms with Crippen LogP contribution in [-0.2, 0) is 18.9 Å². The molecule has 18 atom stereocenters. The highest BCUT2D eigenvalue weighted by atomic mass is 16.7. The molecule has 0 aromatic carbocycles. The fourth-order valence-electron chi connectivity index (χ4n) is 11.8. The van der Waals surface area contributed by atoms with E-state index in [-0.39, 0.29) is 35.0 Å². The lowest BCUT2D eigenvalue weighted by atomic mass is 9.43. The zero-order chi connectivity index (χ0) is 29.8. The number of hydrogen-bond acceptors (Lipinski definition) is 9. The van der Waals surface area contributed by atoms with Gasteiger partial charge in [0.15, 0.2) is 12.1 Å². The lowest BCUT2D eigenvalue weighted by Crippen LogP contribution is -2.63. The van der Waals surface area contributed by atoms with Gasteiger partial charge in [0.05, 0.1) is 25.4 Å². The van der Waals surface area contributed by atoms with Crippen molar-refractivity contribution < 1.29 is 39.4 Å². The van der Waals surface area contributed by atoms with Gasteiger partial charge < -0.3 is 45.1 Å². The van der Waals surface area contributed by atoms with Crippen LogP contribution in [0.5, 0.6) is 0 Å². The summed E-state index contributed by atoms with van der Waals surface area (Å²) in [5.74, 6) is 2.78. The quantitative estimate of drug-likeness (QED) is 0.312. The third-order valence-electron chi connectivity index (χ3n) is 14.1. The molecule has 0 bridgehead atoms. The highest BCUT2D eigenvalue weighted by Gasteiger charge is 2.70. The molecule has 9 nitrogen and oxygen atoms in total. The third-order valence-corrected chi connectivity index (χ3v) is 14.1. The van der Waals surface area contributed by atoms with Crippen molar-refractivity contribution in [2.24, 2.45) is 58.0 Å². The molecule has 3 heterocycles. The molecule has 240 valence electrons. The second kappa shape index (κ2) is 10.6. The predicted octanol–water partition coefficient (Wildman–Crippen LogP) is 2.56. The summed E-state index contributed by atoms with van der Waals surface area (Å²) in [6.07, 6.45) is 3.12. The van der Waals surface area contributed by atoms with E-state index in [1.807, 2.05) is 0 Å². The van der Waals surface area contributed by atoms with Gasteiger partial charge in [0, 0.05) is 18.4 Å². The van der Waals surface area contributed by atoms with E-state index >= 15 is 0 Å². The molecule has 0 radical (unpaired) electrons. The van der Waals surface area contributed by atoms with Gasteiger partial charge in [-0.3, -0.25) is 0 Å². The van der Waals surface area contributed by atoms with Crippen LogP contribution >= 0.6 is 0 Å². The molecule has 0 aromatic rings. The first-order chi connectivity index (χ1) is 19.9. The van der Waals surface area contributed by atoms with Crippen LogP contribution in [0.1, 0.15) is 85.5 Å². The standard InChI is InChI=1S/C33H55NO8/c1-16-5-10-33(39-15-16)17(2)26-24(42-33)13-21-19-12-23(40-30-29(38)28(37)27(36)25(14-35)41-30)22-11-18(34)6-8-31(22,3)20(19)7-9-32(21,26)4/h16-30,35-38H,5-15,34H2,1-4H3/t16?,17-,18?,19+,20-,21-,22?,23?,24-,25+,26-,27+,28-,29+,30+,31+,32-,33+/m0/s1. The normalized spacial score (nSPS) is 60.9. The Hall–Kier alpha value is -0.360. The first-order valence-electron chi connectivity index (χ1n) is 16.9. The molecule has 4 unspecified atom stereocenters. The maximum Gasteiger partial charge on any atom is 0.186 e. The number of nitrogens with two attached hydrogens (primary N) is 1. The molecule has 42 heavy (non-hydrogen) atoms. The number of ether oxygens (including phenoxy) is 4. The Morgan fingerprint density at radius 3 is 2.33 bits per heavy atom. The molecule has 7 aliphatic rings. The Bertz CT molecular complexity index is 1000. The van der Waals surface area contributed by atoms with E-state index in [2.05, 4.69) is 27.7 Å². The maximum atomic E-state index is 10.9. The van der Waals surface area contributed by atoms with Crippen molar-refractivity contribution in [3.05, 3.63) is 0 Å². The second-order valence-electron chi connectivity index (χ2n) is 16.1. The molecule has 9 heteroatoms. The zero-order valence-electron chi connectivity index (χ0n) is 25.9. The van der Waals surface area contributed by atoms with Crippen LogP contribution in [0.3, 0.4) is 0 Å². The summed E-state index contributed by atoms with van der Waals surface area (Å²) >= 11 is 0. The first kappa shape index (κ1) is 30.3. The highest BCUT2D eigenvalue weighted by molar-refractivity contribution is 5.16. The van der Waals surface area contributed by atoms with Crippen molar-refractivity contribution in [1.82, 2.24) is 0 Å². The van der Waals surface area contributed by atoms with E-state index in [0.717, 1.165) is 51.6 Å². The van der Waals surface area contributed by atoms with E-state index in [1.165, 1.54) is 12.8 Å². The summed E-state index contributed by atoms with van der Waals surface area (Å²) in [6.45, 7) is 9.95. The zero-order valence-corrected chi connectivity index (χ0v) is 25.9. The minimum Gasteiger partial charge on any atom is -0.394 e. The van der Waals surface area contributed by atoms with Crippen LogP contribution < -0.4 is 5.73 Å². The molecule has 6 N–H and O–H groups in total. The fraction of sp³-hybridized carbons (Fsp3) is 1.00. The Kier molecular flexibility index (Phi) is 7.64. The molecule has 7 fully saturated rings. The van der Waals surface area contributed by atoms with Gasteiger partial charge in [-0.2, -0.15) is 0 Å². The van der Waals surface area contributed by atoms with Gasteiger partial charge in [0.1, 0.15) is 24.4 Å². The third kappa shape index (κ3) is 4.35. The molecule has 0 aromatic heterocycles. The fourth-order valence-corrected chi connectivity index (χ4v) is 11.8. The summed E-state index contributed by atoms with van der Waals surface area (Å²) in [6, 6.07) is 0.115. The number of fused-ring (bicyclic) bond motifs is 7. The number of aliphatic hydroxyl groups excluding tert-OH is 4. The van der Waals surface area contributed by atoms with Crippen LogP contribution in [0.4, 0.5) is 0 Å². The molecule has 4 aliphatic carbocycles. The van der Waals surface area contributed by atoms with Crippen molar-refractivity contribution in [2.45, 2.75) is 140 Å². The van der Waals surface area contributed by atoms with Crippen LogP contribution in [-0.4, -0.2) is 88.4 Å². The minimum atomic E-state index is -1.44. The van der Waals surface area contributed by atoms with E-state index in [0.29, 0.717) is 35.5 Å². The summed E-state index contributed by atoms with van der Waals surface area (Å²) in [5.41, 5.74) is 6.80. The van der Waals surface area contributed by atoms with Crippen LogP contribution in [0.2, 0.25) is 0 Å². The van der Waals surface area contributed by atoms with Gasteiger partial charge >= 0.3 is 0 Å². The smallest absolute Gasteiger partial charge is 0.186 e. The molecule has 1 spiro atoms. The van der Waals surface area contributed by atoms with E-state index < -0.39 is 43.1 Å². The molecule has 4 saturated carbocycles. The van der Waals surface area contributed by atoms with Gasteiger partial charge in [0.25, 0.3) is 0 Å². The molecule has 3 saturated heterocycles. The number of rotatable bonds is 3. The van der Waals surface area contributed by atoms with Crippen molar-refractivity contribution in [3.8, 4) is 0 Å². The van der Waals surface area contributed by atoms with Crippen molar-refractivity contribution >= 4 is 0 Å². The molecular formula is C33H55NO8. The molecular weight excluding hydrogens is 538 g/mol. The number of aliphatic hydroxyl groups is 4. The van der Waals surface area contributed by atoms with Crippen LogP contribution in [0.15, 0.2) is 0 Å². The summed E-state index contributed by atoms with van der Waals surface area (Å²) in [4.78, 5) is 0. The highest BCUT2D eigenvalue weighted by Crippen LogP contribution is 2.71. The van der Waals surface area contributed by atoms with E-state index in [9.17, 15) is 20.4 Å². The average Bonchev–Trinajstić information content (AvgIpc) is 3.41. The lowest BCUT2D eigenvalue weighted by Gasteiger charge is -2.63. The summed E-state index contributed by atoms with van der Waals surface area (Å²) in [7, 11) is 0. The molecule has 0 amide bonds. The Morgan fingerprint density at radius 2 is 1.62 bits per heavy atom. The van der Waals surface area contributed by atoms with Gasteiger partial charge in [-0.05, 0) is 97.7 Å². The number of hydrogen-bond donors (Lipinski definition) is 5. The lowest BCUT2D eigenvalue weighted by molar-refractivity contribution is -0.327. The van der Waals surface area contributed by atoms with Crippen LogP contribution in [0.25, 0.3) is 0 Å². The van der Waals surface area contributed by atoms with Crippen LogP contribution in [0, 0.1) is 52.3 Å². The van der Waals surface area contributed by atoms with Gasteiger partial charge in [-0.25, -0.2) is 0 Å². The average molecular weight is 594 g/mol. The predicted molar refractivity (Wildman–Crippen MR) is 154 cm³/mol. The first-order valence-corrected chi connectivity index (χ1v) is 16.9. The summed E-state index contributed by atoms with van der Waals surface area (Å²) < 4.78 is 26.0. The van der Waals surface area contributed by atoms with E-state index in [4.69, 9.17) is 24.7 Å². The Morgan fingerprint density at radius 1 is 0.857 bits per heavy atom. The second-order valence-corrected chi connectivity index (χ2v) is 16.1. The largest absolute Gasteiger partial charge is 0.394 e. The SMILES string of the molecule is CC1CC[C@@]2(OC1)O[C@H]1C[C@H]3[C@@H]4CC(O[C@@H]5O[C@H](CO)[C@@H](O)[C@H](O)[C@H]5O)C5CC(N)CC[C@]5(C)[C@H]4CC[C@]3(C)[C@H]1[C@@H]2C. The van der Waals surface area contributed by atoms with E-state index in [1.54, 1.807) is 0 Å². The summed E-state index contributed by atoms with van der Waals surface area (Å²) in [5, 5.41) is 41.5. The maximum absolute atomic E-state index is 10.9. The molecule has 3 aliphatic heterocycles. The monoisotopic (exact) mass is 593 g/mol. The van der Waals surface area contributed by atoms with Crippen molar-refractivity contribution in [1.29, 1.82) is 0 Å². The van der Waals surface area contributed by atoms with Gasteiger partial charge in [0.2, 0.25) is 0 Å². The Labute approximate surface area is 250 Å².